The van der Waals surface area contributed by atoms with Gasteiger partial charge in [-0.15, -0.1) is 0 Å². The number of rotatable bonds is 3. The van der Waals surface area contributed by atoms with Gasteiger partial charge in [0.05, 0.1) is 8.07 Å². The van der Waals surface area contributed by atoms with Gasteiger partial charge in [-0.3, -0.25) is 0 Å². The molecular formula is C14H22Si. The molecule has 0 unspecified atom stereocenters. The fourth-order valence-corrected chi connectivity index (χ4v) is 5.83. The number of hydrogen-bond acceptors (Lipinski definition) is 0. The van der Waals surface area contributed by atoms with Crippen molar-refractivity contribution in [2.24, 2.45) is 11.8 Å². The van der Waals surface area contributed by atoms with Crippen molar-refractivity contribution in [3.8, 4) is 0 Å². The van der Waals surface area contributed by atoms with E-state index in [0.717, 1.165) is 17.4 Å². The monoisotopic (exact) mass is 218 g/mol. The average molecular weight is 218 g/mol. The van der Waals surface area contributed by atoms with Gasteiger partial charge in [0.25, 0.3) is 0 Å². The largest absolute Gasteiger partial charge is 0.0836 e. The van der Waals surface area contributed by atoms with E-state index in [0.29, 0.717) is 0 Å². The van der Waals surface area contributed by atoms with Crippen LogP contribution in [0.2, 0.25) is 18.6 Å². The minimum atomic E-state index is -1.23. The van der Waals surface area contributed by atoms with E-state index in [2.05, 4.69) is 57.3 Å². The van der Waals surface area contributed by atoms with Gasteiger partial charge in [-0.2, -0.15) is 0 Å². The second-order valence-electron chi connectivity index (χ2n) is 5.75. The van der Waals surface area contributed by atoms with Crippen molar-refractivity contribution in [3.05, 3.63) is 30.3 Å². The lowest BCUT2D eigenvalue weighted by atomic mass is 10.3. The zero-order chi connectivity index (χ0) is 11.1. The summed E-state index contributed by atoms with van der Waals surface area (Å²) in [6.07, 6.45) is 1.46. The Labute approximate surface area is 94.7 Å². The van der Waals surface area contributed by atoms with Gasteiger partial charge < -0.3 is 0 Å². The summed E-state index contributed by atoms with van der Waals surface area (Å²) in [5.41, 5.74) is 0.926. The molecule has 0 saturated heterocycles. The standard InChI is InChI=1S/C14H22Si/c1-11-10-14(11)12(2)15(3,4)13-8-6-5-7-9-13/h5-9,11-12,14H,10H2,1-4H3/t11-,12-,14-/m0/s1. The van der Waals surface area contributed by atoms with Gasteiger partial charge in [0.1, 0.15) is 0 Å². The molecule has 3 atom stereocenters. The molecular weight excluding hydrogens is 196 g/mol. The van der Waals surface area contributed by atoms with Crippen molar-refractivity contribution in [1.29, 1.82) is 0 Å². The summed E-state index contributed by atoms with van der Waals surface area (Å²) in [6, 6.07) is 11.2. The lowest BCUT2D eigenvalue weighted by Gasteiger charge is -2.30. The third-order valence-corrected chi connectivity index (χ3v) is 9.00. The van der Waals surface area contributed by atoms with Crippen molar-refractivity contribution in [1.82, 2.24) is 0 Å². The van der Waals surface area contributed by atoms with Crippen LogP contribution in [0.25, 0.3) is 0 Å². The van der Waals surface area contributed by atoms with E-state index in [4.69, 9.17) is 0 Å². The number of hydrogen-bond donors (Lipinski definition) is 0. The summed E-state index contributed by atoms with van der Waals surface area (Å²) in [7, 11) is -1.23. The van der Waals surface area contributed by atoms with Gasteiger partial charge in [0, 0.05) is 0 Å². The van der Waals surface area contributed by atoms with E-state index in [9.17, 15) is 0 Å². The van der Waals surface area contributed by atoms with E-state index >= 15 is 0 Å². The molecule has 1 heteroatoms. The lowest BCUT2D eigenvalue weighted by molar-refractivity contribution is 0.702. The molecule has 0 aliphatic heterocycles. The van der Waals surface area contributed by atoms with Crippen LogP contribution in [0.4, 0.5) is 0 Å². The Kier molecular flexibility index (Phi) is 2.76. The quantitative estimate of drug-likeness (QED) is 0.679. The summed E-state index contributed by atoms with van der Waals surface area (Å²) < 4.78 is 0. The maximum Gasteiger partial charge on any atom is 0.0836 e. The van der Waals surface area contributed by atoms with E-state index in [1.165, 1.54) is 6.42 Å². The highest BCUT2D eigenvalue weighted by Crippen LogP contribution is 2.50. The zero-order valence-corrected chi connectivity index (χ0v) is 11.3. The fraction of sp³-hybridized carbons (Fsp3) is 0.571. The first kappa shape index (κ1) is 10.9. The Bertz CT molecular complexity index is 328. The molecule has 1 aromatic carbocycles. The Morgan fingerprint density at radius 3 is 2.20 bits per heavy atom. The minimum Gasteiger partial charge on any atom is -0.0652 e. The minimum absolute atomic E-state index is 0.926. The first-order chi connectivity index (χ1) is 7.03. The molecule has 0 amide bonds. The third-order valence-electron chi connectivity index (χ3n) is 4.47. The Balaban J connectivity index is 2.19. The first-order valence-corrected chi connectivity index (χ1v) is 9.16. The molecule has 0 spiro atoms. The van der Waals surface area contributed by atoms with Crippen LogP contribution < -0.4 is 5.19 Å². The van der Waals surface area contributed by atoms with Crippen molar-refractivity contribution < 1.29 is 0 Å². The summed E-state index contributed by atoms with van der Waals surface area (Å²) in [5, 5.41) is 1.62. The van der Waals surface area contributed by atoms with Crippen LogP contribution in [0.15, 0.2) is 30.3 Å². The van der Waals surface area contributed by atoms with E-state index in [1.54, 1.807) is 5.19 Å². The van der Waals surface area contributed by atoms with E-state index < -0.39 is 8.07 Å². The van der Waals surface area contributed by atoms with Crippen LogP contribution in [0.5, 0.6) is 0 Å². The van der Waals surface area contributed by atoms with Crippen molar-refractivity contribution in [2.75, 3.05) is 0 Å². The van der Waals surface area contributed by atoms with Crippen LogP contribution >= 0.6 is 0 Å². The third kappa shape index (κ3) is 2.03. The van der Waals surface area contributed by atoms with Gasteiger partial charge >= 0.3 is 0 Å². The molecule has 2 rings (SSSR count). The van der Waals surface area contributed by atoms with E-state index in [-0.39, 0.29) is 0 Å². The molecule has 0 aromatic heterocycles. The molecule has 1 aliphatic carbocycles. The van der Waals surface area contributed by atoms with Gasteiger partial charge in [-0.25, -0.2) is 0 Å². The molecule has 0 bridgehead atoms. The van der Waals surface area contributed by atoms with Gasteiger partial charge in [0.2, 0.25) is 0 Å². The highest BCUT2D eigenvalue weighted by Gasteiger charge is 2.45. The number of benzene rings is 1. The molecule has 82 valence electrons. The first-order valence-electron chi connectivity index (χ1n) is 6.09. The second-order valence-corrected chi connectivity index (χ2v) is 10.7. The zero-order valence-electron chi connectivity index (χ0n) is 10.3. The fourth-order valence-electron chi connectivity index (χ4n) is 2.71. The van der Waals surface area contributed by atoms with Crippen LogP contribution in [-0.2, 0) is 0 Å². The summed E-state index contributed by atoms with van der Waals surface area (Å²) in [6.45, 7) is 9.93. The molecule has 1 aliphatic rings. The molecule has 1 saturated carbocycles. The second kappa shape index (κ2) is 3.78. The van der Waals surface area contributed by atoms with Crippen LogP contribution in [0, 0.1) is 11.8 Å². The predicted octanol–water partition coefficient (Wildman–Crippen LogP) is 3.65. The molecule has 0 radical (unpaired) electrons. The summed E-state index contributed by atoms with van der Waals surface area (Å²) in [5.74, 6) is 1.99. The normalized spacial score (nSPS) is 27.5. The molecule has 15 heavy (non-hydrogen) atoms. The van der Waals surface area contributed by atoms with Crippen molar-refractivity contribution in [3.63, 3.8) is 0 Å². The Morgan fingerprint density at radius 2 is 1.73 bits per heavy atom. The Morgan fingerprint density at radius 1 is 1.20 bits per heavy atom. The average Bonchev–Trinajstić information content (AvgIpc) is 2.95. The molecule has 1 aromatic rings. The SMILES string of the molecule is C[C@H]1C[C@@H]1[C@H](C)[Si](C)(C)c1ccccc1. The predicted molar refractivity (Wildman–Crippen MR) is 70.3 cm³/mol. The van der Waals surface area contributed by atoms with Gasteiger partial charge in [-0.05, 0) is 23.8 Å². The summed E-state index contributed by atoms with van der Waals surface area (Å²) >= 11 is 0. The van der Waals surface area contributed by atoms with Crippen molar-refractivity contribution >= 4 is 13.3 Å². The molecule has 0 heterocycles. The molecule has 1 fully saturated rings. The molecule has 0 nitrogen and oxygen atoms in total. The molecule has 0 N–H and O–H groups in total. The topological polar surface area (TPSA) is 0 Å². The van der Waals surface area contributed by atoms with Gasteiger partial charge in [-0.1, -0.05) is 62.5 Å². The maximum absolute atomic E-state index is 2.53. The van der Waals surface area contributed by atoms with Crippen LogP contribution in [-0.4, -0.2) is 8.07 Å². The van der Waals surface area contributed by atoms with E-state index in [1.807, 2.05) is 0 Å². The van der Waals surface area contributed by atoms with Crippen molar-refractivity contribution in [2.45, 2.75) is 38.9 Å². The maximum atomic E-state index is 2.53. The highest BCUT2D eigenvalue weighted by atomic mass is 28.3. The smallest absolute Gasteiger partial charge is 0.0652 e. The lowest BCUT2D eigenvalue weighted by Crippen LogP contribution is -2.45. The highest BCUT2D eigenvalue weighted by molar-refractivity contribution is 6.91. The van der Waals surface area contributed by atoms with Crippen LogP contribution in [0.3, 0.4) is 0 Å². The van der Waals surface area contributed by atoms with Gasteiger partial charge in [0.15, 0.2) is 0 Å². The Hall–Kier alpha value is -0.563. The van der Waals surface area contributed by atoms with Crippen LogP contribution in [0.1, 0.15) is 20.3 Å². The summed E-state index contributed by atoms with van der Waals surface area (Å²) in [4.78, 5) is 0.